The van der Waals surface area contributed by atoms with Gasteiger partial charge in [-0.15, -0.1) is 0 Å². The summed E-state index contributed by atoms with van der Waals surface area (Å²) < 4.78 is 6.26. The van der Waals surface area contributed by atoms with Crippen molar-refractivity contribution in [1.29, 1.82) is 0 Å². The van der Waals surface area contributed by atoms with Gasteiger partial charge in [0.2, 0.25) is 0 Å². The third kappa shape index (κ3) is 5.66. The lowest BCUT2D eigenvalue weighted by molar-refractivity contribution is -0.142. The normalized spacial score (nSPS) is 11.2. The SMILES string of the molecule is CCCc1ccc(Oc2ccnc(Nc3cccc(C(C)(C)C(=O)O)c3)c2)c(-c2ccccc2)n1. The number of nitrogens with one attached hydrogen (secondary N) is 1. The van der Waals surface area contributed by atoms with Gasteiger partial charge in [0.15, 0.2) is 5.75 Å². The number of aryl methyl sites for hydroxylation is 1. The fourth-order valence-corrected chi connectivity index (χ4v) is 3.69. The zero-order valence-electron chi connectivity index (χ0n) is 20.2. The number of benzene rings is 2. The van der Waals surface area contributed by atoms with Gasteiger partial charge >= 0.3 is 5.97 Å². The second-order valence-corrected chi connectivity index (χ2v) is 8.88. The number of hydrogen-bond acceptors (Lipinski definition) is 5. The Morgan fingerprint density at radius 1 is 1.00 bits per heavy atom. The van der Waals surface area contributed by atoms with Crippen molar-refractivity contribution in [1.82, 2.24) is 9.97 Å². The Kier molecular flexibility index (Phi) is 7.11. The number of hydrogen-bond donors (Lipinski definition) is 2. The van der Waals surface area contributed by atoms with Gasteiger partial charge in [0.25, 0.3) is 0 Å². The van der Waals surface area contributed by atoms with Gasteiger partial charge < -0.3 is 15.2 Å². The number of aliphatic carboxylic acids is 1. The molecule has 0 aliphatic carbocycles. The smallest absolute Gasteiger partial charge is 0.313 e. The van der Waals surface area contributed by atoms with Crippen LogP contribution in [0.1, 0.15) is 38.4 Å². The lowest BCUT2D eigenvalue weighted by atomic mass is 9.84. The van der Waals surface area contributed by atoms with Gasteiger partial charge in [0.05, 0.1) is 5.41 Å². The predicted molar refractivity (Wildman–Crippen MR) is 138 cm³/mol. The minimum Gasteiger partial charge on any atom is -0.481 e. The van der Waals surface area contributed by atoms with Crippen molar-refractivity contribution in [3.8, 4) is 22.8 Å². The van der Waals surface area contributed by atoms with Crippen LogP contribution in [0.2, 0.25) is 0 Å². The molecule has 4 aromatic rings. The van der Waals surface area contributed by atoms with Gasteiger partial charge in [0, 0.05) is 29.2 Å². The molecule has 0 spiro atoms. The van der Waals surface area contributed by atoms with Crippen LogP contribution in [0.5, 0.6) is 11.5 Å². The van der Waals surface area contributed by atoms with E-state index in [0.717, 1.165) is 35.5 Å². The van der Waals surface area contributed by atoms with Crippen LogP contribution in [0.3, 0.4) is 0 Å². The first-order valence-corrected chi connectivity index (χ1v) is 11.7. The number of carboxylic acid groups (broad SMARTS) is 1. The maximum atomic E-state index is 11.6. The first kappa shape index (κ1) is 24.0. The standard InChI is InChI=1S/C29H29N3O3/c1-4-9-22-14-15-25(27(32-22)20-10-6-5-7-11-20)35-24-16-17-30-26(19-24)31-23-13-8-12-21(18-23)29(2,3)28(33)34/h5-8,10-19H,4,9H2,1-3H3,(H,30,31)(H,33,34). The van der Waals surface area contributed by atoms with Crippen LogP contribution in [0.4, 0.5) is 11.5 Å². The Hall–Kier alpha value is -4.19. The van der Waals surface area contributed by atoms with E-state index in [-0.39, 0.29) is 0 Å². The molecule has 6 heteroatoms. The van der Waals surface area contributed by atoms with Crippen molar-refractivity contribution in [2.75, 3.05) is 5.32 Å². The van der Waals surface area contributed by atoms with Crippen molar-refractivity contribution in [2.24, 2.45) is 0 Å². The molecule has 178 valence electrons. The highest BCUT2D eigenvalue weighted by atomic mass is 16.5. The van der Waals surface area contributed by atoms with Gasteiger partial charge in [-0.3, -0.25) is 4.79 Å². The highest BCUT2D eigenvalue weighted by Crippen LogP contribution is 2.33. The lowest BCUT2D eigenvalue weighted by Crippen LogP contribution is -2.28. The molecule has 2 aromatic carbocycles. The Labute approximate surface area is 205 Å². The Balaban J connectivity index is 1.60. The molecule has 0 amide bonds. The Morgan fingerprint density at radius 3 is 2.54 bits per heavy atom. The van der Waals surface area contributed by atoms with Crippen molar-refractivity contribution < 1.29 is 14.6 Å². The summed E-state index contributed by atoms with van der Waals surface area (Å²) in [5, 5.41) is 12.8. The summed E-state index contributed by atoms with van der Waals surface area (Å²) in [5.74, 6) is 0.991. The largest absolute Gasteiger partial charge is 0.481 e. The number of carboxylic acids is 1. The van der Waals surface area contributed by atoms with E-state index < -0.39 is 11.4 Å². The summed E-state index contributed by atoms with van der Waals surface area (Å²) in [6, 6.07) is 24.9. The van der Waals surface area contributed by atoms with Crippen LogP contribution < -0.4 is 10.1 Å². The molecule has 35 heavy (non-hydrogen) atoms. The van der Waals surface area contributed by atoms with Crippen LogP contribution in [0.15, 0.2) is 85.1 Å². The number of aromatic nitrogens is 2. The molecule has 0 saturated carbocycles. The highest BCUT2D eigenvalue weighted by molar-refractivity contribution is 5.81. The highest BCUT2D eigenvalue weighted by Gasteiger charge is 2.29. The molecule has 0 saturated heterocycles. The summed E-state index contributed by atoms with van der Waals surface area (Å²) in [4.78, 5) is 20.9. The van der Waals surface area contributed by atoms with E-state index in [1.54, 1.807) is 26.1 Å². The maximum Gasteiger partial charge on any atom is 0.313 e. The first-order chi connectivity index (χ1) is 16.9. The minimum atomic E-state index is -0.999. The minimum absolute atomic E-state index is 0.588. The third-order valence-electron chi connectivity index (χ3n) is 5.82. The van der Waals surface area contributed by atoms with Gasteiger partial charge in [-0.25, -0.2) is 9.97 Å². The zero-order valence-corrected chi connectivity index (χ0v) is 20.2. The second kappa shape index (κ2) is 10.4. The van der Waals surface area contributed by atoms with Crippen LogP contribution in [0, 0.1) is 0 Å². The van der Waals surface area contributed by atoms with E-state index in [1.807, 2.05) is 72.8 Å². The molecule has 0 radical (unpaired) electrons. The molecule has 4 rings (SSSR count). The second-order valence-electron chi connectivity index (χ2n) is 8.88. The van der Waals surface area contributed by atoms with Gasteiger partial charge in [-0.05, 0) is 56.2 Å². The Bertz CT molecular complexity index is 1320. The van der Waals surface area contributed by atoms with Crippen molar-refractivity contribution in [3.05, 3.63) is 96.3 Å². The van der Waals surface area contributed by atoms with Crippen LogP contribution in [-0.4, -0.2) is 21.0 Å². The molecule has 2 aromatic heterocycles. The van der Waals surface area contributed by atoms with E-state index in [4.69, 9.17) is 9.72 Å². The maximum absolute atomic E-state index is 11.6. The number of nitrogens with zero attached hydrogens (tertiary/aromatic N) is 2. The average molecular weight is 468 g/mol. The number of anilines is 2. The zero-order chi connectivity index (χ0) is 24.8. The molecule has 0 unspecified atom stereocenters. The molecule has 6 nitrogen and oxygen atoms in total. The van der Waals surface area contributed by atoms with E-state index in [0.29, 0.717) is 22.9 Å². The first-order valence-electron chi connectivity index (χ1n) is 11.7. The monoisotopic (exact) mass is 467 g/mol. The van der Waals surface area contributed by atoms with Crippen molar-refractivity contribution in [2.45, 2.75) is 39.0 Å². The average Bonchev–Trinajstić information content (AvgIpc) is 2.86. The third-order valence-corrected chi connectivity index (χ3v) is 5.82. The van der Waals surface area contributed by atoms with Crippen molar-refractivity contribution in [3.63, 3.8) is 0 Å². The predicted octanol–water partition coefficient (Wildman–Crippen LogP) is 6.99. The van der Waals surface area contributed by atoms with Crippen LogP contribution in [0.25, 0.3) is 11.3 Å². The number of rotatable bonds is 9. The quantitative estimate of drug-likeness (QED) is 0.276. The molecule has 2 heterocycles. The molecular weight excluding hydrogens is 438 g/mol. The molecule has 0 atom stereocenters. The summed E-state index contributed by atoms with van der Waals surface area (Å²) in [5.41, 5.74) is 3.27. The topological polar surface area (TPSA) is 84.3 Å². The molecule has 0 bridgehead atoms. The Morgan fingerprint density at radius 2 is 1.80 bits per heavy atom. The molecular formula is C29H29N3O3. The molecule has 2 N–H and O–H groups in total. The number of carbonyl (C=O) groups is 1. The van der Waals surface area contributed by atoms with E-state index in [2.05, 4.69) is 17.2 Å². The lowest BCUT2D eigenvalue weighted by Gasteiger charge is -2.20. The van der Waals surface area contributed by atoms with E-state index in [1.165, 1.54) is 0 Å². The van der Waals surface area contributed by atoms with E-state index in [9.17, 15) is 9.90 Å². The van der Waals surface area contributed by atoms with Crippen LogP contribution >= 0.6 is 0 Å². The van der Waals surface area contributed by atoms with Gasteiger partial charge in [0.1, 0.15) is 17.3 Å². The van der Waals surface area contributed by atoms with Crippen molar-refractivity contribution >= 4 is 17.5 Å². The van der Waals surface area contributed by atoms with E-state index >= 15 is 0 Å². The number of pyridine rings is 2. The number of ether oxygens (including phenoxy) is 1. The summed E-state index contributed by atoms with van der Waals surface area (Å²) >= 11 is 0. The van der Waals surface area contributed by atoms with Gasteiger partial charge in [-0.1, -0.05) is 55.8 Å². The molecule has 0 aliphatic heterocycles. The fourth-order valence-electron chi connectivity index (χ4n) is 3.69. The molecule has 0 aliphatic rings. The summed E-state index contributed by atoms with van der Waals surface area (Å²) in [6.45, 7) is 5.51. The summed E-state index contributed by atoms with van der Waals surface area (Å²) in [7, 11) is 0. The summed E-state index contributed by atoms with van der Waals surface area (Å²) in [6.07, 6.45) is 3.59. The van der Waals surface area contributed by atoms with Gasteiger partial charge in [-0.2, -0.15) is 0 Å². The van der Waals surface area contributed by atoms with Crippen LogP contribution in [-0.2, 0) is 16.6 Å². The fraction of sp³-hybridized carbons (Fsp3) is 0.207. The molecule has 0 fully saturated rings.